The standard InChI is InChI=1S/C38H80Si/c1-3-5-7-9-11-13-15-17-19-21-23-25-27-29-31-33-35-37-39-38-36-34-32-30-28-26-24-22-20-18-16-14-12-10-8-6-4-2/h3-39H2,1-2H3. The molecule has 39 heavy (non-hydrogen) atoms. The van der Waals surface area contributed by atoms with Gasteiger partial charge in [-0.2, -0.15) is 0 Å². The number of unbranched alkanes of at least 4 members (excludes halogenated alkanes) is 32. The van der Waals surface area contributed by atoms with Crippen LogP contribution >= 0.6 is 0 Å². The summed E-state index contributed by atoms with van der Waals surface area (Å²) in [6.07, 6.45) is 50.8. The van der Waals surface area contributed by atoms with Crippen molar-refractivity contribution >= 4 is 9.52 Å². The molecule has 0 aromatic rings. The SMILES string of the molecule is CCCCCCCCCCCCCCCCCCC[SiH2]CCCCCCCCCCCCCCCCCCC. The largest absolute Gasteiger partial charge is 0.0654 e. The zero-order chi connectivity index (χ0) is 28.2. The molecule has 0 N–H and O–H groups in total. The van der Waals surface area contributed by atoms with Crippen LogP contribution in [0.5, 0.6) is 0 Å². The second-order valence-electron chi connectivity index (χ2n) is 13.4. The Labute approximate surface area is 253 Å². The van der Waals surface area contributed by atoms with E-state index in [2.05, 4.69) is 13.8 Å². The maximum atomic E-state index is 2.31. The fourth-order valence-electron chi connectivity index (χ4n) is 6.33. The van der Waals surface area contributed by atoms with Crippen LogP contribution in [0.2, 0.25) is 12.1 Å². The molecule has 0 aromatic carbocycles. The van der Waals surface area contributed by atoms with Crippen LogP contribution < -0.4 is 0 Å². The van der Waals surface area contributed by atoms with Gasteiger partial charge in [0.2, 0.25) is 0 Å². The van der Waals surface area contributed by atoms with Crippen molar-refractivity contribution in [1.29, 1.82) is 0 Å². The summed E-state index contributed by atoms with van der Waals surface area (Å²) in [6.45, 7) is 4.62. The molecule has 0 aliphatic carbocycles. The highest BCUT2D eigenvalue weighted by Crippen LogP contribution is 2.16. The zero-order valence-corrected chi connectivity index (χ0v) is 29.6. The smallest absolute Gasteiger partial charge is 0.0197 e. The van der Waals surface area contributed by atoms with Crippen molar-refractivity contribution in [3.63, 3.8) is 0 Å². The molecule has 0 aromatic heterocycles. The first-order valence-electron chi connectivity index (χ1n) is 19.4. The van der Waals surface area contributed by atoms with Crippen molar-refractivity contribution in [2.75, 3.05) is 0 Å². The lowest BCUT2D eigenvalue weighted by Gasteiger charge is -2.04. The van der Waals surface area contributed by atoms with E-state index in [1.54, 1.807) is 24.9 Å². The van der Waals surface area contributed by atoms with Gasteiger partial charge >= 0.3 is 0 Å². The summed E-state index contributed by atoms with van der Waals surface area (Å²) in [5.41, 5.74) is 0. The molecular formula is C38H80Si. The molecule has 0 bridgehead atoms. The summed E-state index contributed by atoms with van der Waals surface area (Å²) in [7, 11) is 0.280. The van der Waals surface area contributed by atoms with Gasteiger partial charge in [-0.25, -0.2) is 0 Å². The van der Waals surface area contributed by atoms with Crippen LogP contribution in [0.3, 0.4) is 0 Å². The second kappa shape index (κ2) is 38.2. The Morgan fingerprint density at radius 1 is 0.205 bits per heavy atom. The van der Waals surface area contributed by atoms with Crippen LogP contribution in [-0.2, 0) is 0 Å². The van der Waals surface area contributed by atoms with E-state index in [1.165, 1.54) is 205 Å². The molecule has 0 aliphatic heterocycles. The molecule has 0 aliphatic rings. The van der Waals surface area contributed by atoms with Gasteiger partial charge in [0, 0.05) is 9.52 Å². The van der Waals surface area contributed by atoms with E-state index < -0.39 is 0 Å². The lowest BCUT2D eigenvalue weighted by atomic mass is 10.0. The molecule has 0 unspecified atom stereocenters. The molecule has 0 nitrogen and oxygen atoms in total. The molecule has 0 atom stereocenters. The Balaban J connectivity index is 3.01. The highest BCUT2D eigenvalue weighted by Gasteiger charge is 1.97. The molecule has 0 saturated carbocycles. The van der Waals surface area contributed by atoms with Gasteiger partial charge in [-0.1, -0.05) is 244 Å². The lowest BCUT2D eigenvalue weighted by Crippen LogP contribution is -1.90. The molecule has 0 fully saturated rings. The fraction of sp³-hybridized carbons (Fsp3) is 1.00. The number of hydrogen-bond acceptors (Lipinski definition) is 0. The van der Waals surface area contributed by atoms with Crippen molar-refractivity contribution in [1.82, 2.24) is 0 Å². The molecule has 0 saturated heterocycles. The minimum atomic E-state index is 0.280. The van der Waals surface area contributed by atoms with Crippen molar-refractivity contribution in [2.45, 2.75) is 244 Å². The first-order chi connectivity index (χ1) is 19.4. The van der Waals surface area contributed by atoms with Gasteiger partial charge in [0.1, 0.15) is 0 Å². The Bertz CT molecular complexity index is 356. The van der Waals surface area contributed by atoms with Gasteiger partial charge in [0.05, 0.1) is 0 Å². The van der Waals surface area contributed by atoms with E-state index in [4.69, 9.17) is 0 Å². The fourth-order valence-corrected chi connectivity index (χ4v) is 8.10. The molecule has 0 amide bonds. The van der Waals surface area contributed by atoms with Crippen molar-refractivity contribution in [2.24, 2.45) is 0 Å². The predicted octanol–water partition coefficient (Wildman–Crippen LogP) is 14.3. The van der Waals surface area contributed by atoms with E-state index in [0.29, 0.717) is 0 Å². The Morgan fingerprint density at radius 2 is 0.359 bits per heavy atom. The topological polar surface area (TPSA) is 0 Å². The quantitative estimate of drug-likeness (QED) is 0.0524. The van der Waals surface area contributed by atoms with Crippen LogP contribution in [0, 0.1) is 0 Å². The molecule has 0 spiro atoms. The van der Waals surface area contributed by atoms with Crippen molar-refractivity contribution < 1.29 is 0 Å². The van der Waals surface area contributed by atoms with Crippen molar-refractivity contribution in [3.8, 4) is 0 Å². The van der Waals surface area contributed by atoms with Crippen LogP contribution in [0.25, 0.3) is 0 Å². The van der Waals surface area contributed by atoms with Gasteiger partial charge in [0.25, 0.3) is 0 Å². The first kappa shape index (κ1) is 39.2. The van der Waals surface area contributed by atoms with Gasteiger partial charge in [-0.15, -0.1) is 0 Å². The summed E-state index contributed by atoms with van der Waals surface area (Å²) in [5.74, 6) is 0. The Hall–Kier alpha value is 0.217. The molecule has 0 radical (unpaired) electrons. The van der Waals surface area contributed by atoms with E-state index in [-0.39, 0.29) is 9.52 Å². The van der Waals surface area contributed by atoms with Crippen LogP contribution in [-0.4, -0.2) is 9.52 Å². The third-order valence-electron chi connectivity index (χ3n) is 9.21. The zero-order valence-electron chi connectivity index (χ0n) is 28.2. The number of rotatable bonds is 36. The predicted molar refractivity (Wildman–Crippen MR) is 186 cm³/mol. The Kier molecular flexibility index (Phi) is 38.4. The van der Waals surface area contributed by atoms with E-state index in [9.17, 15) is 0 Å². The van der Waals surface area contributed by atoms with E-state index in [0.717, 1.165) is 0 Å². The molecule has 236 valence electrons. The molecular weight excluding hydrogens is 485 g/mol. The molecule has 0 rings (SSSR count). The minimum absolute atomic E-state index is 0.280. The number of hydrogen-bond donors (Lipinski definition) is 0. The monoisotopic (exact) mass is 565 g/mol. The van der Waals surface area contributed by atoms with Crippen LogP contribution in [0.4, 0.5) is 0 Å². The summed E-state index contributed by atoms with van der Waals surface area (Å²) >= 11 is 0. The summed E-state index contributed by atoms with van der Waals surface area (Å²) in [5, 5.41) is 0. The summed E-state index contributed by atoms with van der Waals surface area (Å²) in [4.78, 5) is 0. The molecule has 0 heterocycles. The Morgan fingerprint density at radius 3 is 0.538 bits per heavy atom. The third-order valence-corrected chi connectivity index (χ3v) is 11.2. The van der Waals surface area contributed by atoms with Gasteiger partial charge in [0.15, 0.2) is 0 Å². The van der Waals surface area contributed by atoms with Crippen LogP contribution in [0.1, 0.15) is 232 Å². The lowest BCUT2D eigenvalue weighted by molar-refractivity contribution is 0.528. The van der Waals surface area contributed by atoms with Gasteiger partial charge in [-0.3, -0.25) is 0 Å². The average molecular weight is 565 g/mol. The summed E-state index contributed by atoms with van der Waals surface area (Å²) in [6, 6.07) is 3.27. The maximum Gasteiger partial charge on any atom is 0.0197 e. The van der Waals surface area contributed by atoms with Gasteiger partial charge in [-0.05, 0) is 0 Å². The van der Waals surface area contributed by atoms with Crippen LogP contribution in [0.15, 0.2) is 0 Å². The summed E-state index contributed by atoms with van der Waals surface area (Å²) < 4.78 is 0. The third kappa shape index (κ3) is 38.2. The van der Waals surface area contributed by atoms with Gasteiger partial charge < -0.3 is 0 Å². The second-order valence-corrected chi connectivity index (χ2v) is 15.5. The average Bonchev–Trinajstić information content (AvgIpc) is 2.95. The highest BCUT2D eigenvalue weighted by molar-refractivity contribution is 6.35. The normalized spacial score (nSPS) is 11.5. The van der Waals surface area contributed by atoms with E-state index >= 15 is 0 Å². The minimum Gasteiger partial charge on any atom is -0.0654 e. The van der Waals surface area contributed by atoms with E-state index in [1.807, 2.05) is 0 Å². The van der Waals surface area contributed by atoms with Crippen molar-refractivity contribution in [3.05, 3.63) is 0 Å². The highest BCUT2D eigenvalue weighted by atomic mass is 28.2. The maximum absolute atomic E-state index is 2.31. The molecule has 1 heteroatoms. The first-order valence-corrected chi connectivity index (χ1v) is 21.4.